The van der Waals surface area contributed by atoms with Gasteiger partial charge in [0.1, 0.15) is 67.1 Å². The molecule has 4 aliphatic carbocycles. The molecule has 0 radical (unpaired) electrons. The predicted octanol–water partition coefficient (Wildman–Crippen LogP) is -0.831. The summed E-state index contributed by atoms with van der Waals surface area (Å²) in [6, 6.07) is 0. The van der Waals surface area contributed by atoms with Crippen LogP contribution in [0, 0.1) is 46.3 Å². The molecule has 362 valence electrons. The topological polar surface area (TPSA) is 287 Å². The van der Waals surface area contributed by atoms with Crippen molar-refractivity contribution in [1.29, 1.82) is 0 Å². The predicted molar refractivity (Wildman–Crippen MR) is 218 cm³/mol. The number of hydrogen-bond acceptors (Lipinski definition) is 18. The molecule has 26 atom stereocenters. The first kappa shape index (κ1) is 48.5. The third kappa shape index (κ3) is 8.51. The molecule has 2 unspecified atom stereocenters. The van der Waals surface area contributed by atoms with Crippen molar-refractivity contribution in [2.24, 2.45) is 46.3 Å². The van der Waals surface area contributed by atoms with E-state index in [9.17, 15) is 56.2 Å². The van der Waals surface area contributed by atoms with Gasteiger partial charge in [-0.3, -0.25) is 0 Å². The molecule has 0 amide bonds. The third-order valence-electron chi connectivity index (χ3n) is 17.4. The van der Waals surface area contributed by atoms with Gasteiger partial charge in [0.2, 0.25) is 0 Å². The standard InChI is InChI=1S/C45H74O18/c1-19(18-57-40-37(54)35(52)32(49)28(16-46)60-40)8-13-45(56)20(2)30-27(63-45)15-26-24-7-6-22-14-23(9-11-43(22,4)25(24)10-12-44(26,30)5)59-42-39(36(53)33(50)29(17-47)61-42)62-41-38(55)34(51)31(48)21(3)58-41/h6,19-21,23-42,46-56H,7-18H2,1-5H3/t19?,20-,21-,23-,24+,25-,26-,27-,28+,29+,30-,31-,32+,33+,34+,35-,36-,37+,38+,39+,40+,41-,42+,43-,44-,45?/m0/s1. The second-order valence-corrected chi connectivity index (χ2v) is 21.0. The van der Waals surface area contributed by atoms with Crippen molar-refractivity contribution in [3.63, 3.8) is 0 Å². The second kappa shape index (κ2) is 18.5. The van der Waals surface area contributed by atoms with E-state index >= 15 is 0 Å². The summed E-state index contributed by atoms with van der Waals surface area (Å²) < 4.78 is 42.1. The Bertz CT molecular complexity index is 1600. The van der Waals surface area contributed by atoms with E-state index in [1.165, 1.54) is 12.5 Å². The van der Waals surface area contributed by atoms with Crippen LogP contribution in [0.1, 0.15) is 92.4 Å². The zero-order valence-corrected chi connectivity index (χ0v) is 37.1. The largest absolute Gasteiger partial charge is 0.394 e. The lowest BCUT2D eigenvalue weighted by Gasteiger charge is -2.58. The smallest absolute Gasteiger partial charge is 0.187 e. The first-order valence-corrected chi connectivity index (χ1v) is 23.4. The normalized spacial score (nSPS) is 55.0. The summed E-state index contributed by atoms with van der Waals surface area (Å²) in [5, 5.41) is 115. The highest BCUT2D eigenvalue weighted by molar-refractivity contribution is 5.26. The van der Waals surface area contributed by atoms with E-state index in [0.29, 0.717) is 43.4 Å². The van der Waals surface area contributed by atoms with Gasteiger partial charge in [-0.05, 0) is 98.7 Å². The molecule has 4 aliphatic heterocycles. The first-order chi connectivity index (χ1) is 29.8. The van der Waals surface area contributed by atoms with Crippen LogP contribution in [0.3, 0.4) is 0 Å². The number of allylic oxidation sites excluding steroid dienone is 1. The molecule has 7 fully saturated rings. The molecule has 0 aromatic heterocycles. The molecule has 8 rings (SSSR count). The Hall–Kier alpha value is -0.980. The van der Waals surface area contributed by atoms with E-state index in [1.807, 2.05) is 6.92 Å². The van der Waals surface area contributed by atoms with Gasteiger partial charge in [0.05, 0.1) is 38.1 Å². The van der Waals surface area contributed by atoms with E-state index in [-0.39, 0.29) is 47.4 Å². The second-order valence-electron chi connectivity index (χ2n) is 21.0. The lowest BCUT2D eigenvalue weighted by Crippen LogP contribution is -2.64. The Morgan fingerprint density at radius 1 is 0.746 bits per heavy atom. The summed E-state index contributed by atoms with van der Waals surface area (Å²) in [4.78, 5) is 0. The van der Waals surface area contributed by atoms with Crippen LogP contribution < -0.4 is 0 Å². The molecule has 0 spiro atoms. The van der Waals surface area contributed by atoms with Crippen LogP contribution in [0.4, 0.5) is 0 Å². The molecule has 63 heavy (non-hydrogen) atoms. The van der Waals surface area contributed by atoms with Crippen molar-refractivity contribution in [2.45, 2.75) is 203 Å². The number of fused-ring (bicyclic) bond motifs is 7. The van der Waals surface area contributed by atoms with Crippen molar-refractivity contribution >= 4 is 0 Å². The lowest BCUT2D eigenvalue weighted by atomic mass is 9.47. The molecule has 8 aliphatic rings. The first-order valence-electron chi connectivity index (χ1n) is 23.4. The molecule has 0 bridgehead atoms. The monoisotopic (exact) mass is 902 g/mol. The number of hydrogen-bond donors (Lipinski definition) is 11. The van der Waals surface area contributed by atoms with Crippen molar-refractivity contribution < 1.29 is 89.3 Å². The van der Waals surface area contributed by atoms with Gasteiger partial charge in [-0.25, -0.2) is 0 Å². The molecule has 0 aromatic carbocycles. The van der Waals surface area contributed by atoms with Gasteiger partial charge in [-0.15, -0.1) is 0 Å². The average Bonchev–Trinajstić information content (AvgIpc) is 3.70. The number of aliphatic hydroxyl groups excluding tert-OH is 10. The van der Waals surface area contributed by atoms with E-state index in [4.69, 9.17) is 33.2 Å². The summed E-state index contributed by atoms with van der Waals surface area (Å²) in [5.74, 6) is 0.0506. The van der Waals surface area contributed by atoms with Crippen molar-refractivity contribution in [2.75, 3.05) is 19.8 Å². The summed E-state index contributed by atoms with van der Waals surface area (Å²) >= 11 is 0. The summed E-state index contributed by atoms with van der Waals surface area (Å²) in [6.45, 7) is 9.43. The van der Waals surface area contributed by atoms with Gasteiger partial charge in [0.25, 0.3) is 0 Å². The van der Waals surface area contributed by atoms with Crippen LogP contribution in [0.25, 0.3) is 0 Å². The molecule has 0 aromatic rings. The van der Waals surface area contributed by atoms with E-state index in [0.717, 1.165) is 32.1 Å². The number of aliphatic hydroxyl groups is 11. The Kier molecular flexibility index (Phi) is 14.2. The molecular weight excluding hydrogens is 828 g/mol. The number of rotatable bonds is 12. The quantitative estimate of drug-likeness (QED) is 0.107. The van der Waals surface area contributed by atoms with Gasteiger partial charge in [0.15, 0.2) is 24.7 Å². The molecule has 3 saturated carbocycles. The van der Waals surface area contributed by atoms with Crippen LogP contribution in [0.2, 0.25) is 0 Å². The summed E-state index contributed by atoms with van der Waals surface area (Å²) in [7, 11) is 0. The van der Waals surface area contributed by atoms with Gasteiger partial charge >= 0.3 is 0 Å². The van der Waals surface area contributed by atoms with E-state index in [1.54, 1.807) is 0 Å². The Morgan fingerprint density at radius 2 is 1.40 bits per heavy atom. The van der Waals surface area contributed by atoms with Crippen molar-refractivity contribution in [1.82, 2.24) is 0 Å². The Balaban J connectivity index is 0.885. The Labute approximate surface area is 369 Å². The maximum Gasteiger partial charge on any atom is 0.187 e. The number of ether oxygens (including phenoxy) is 7. The van der Waals surface area contributed by atoms with E-state index < -0.39 is 111 Å². The molecule has 18 heteroatoms. The average molecular weight is 903 g/mol. The maximum absolute atomic E-state index is 12.0. The van der Waals surface area contributed by atoms with Gasteiger partial charge in [-0.1, -0.05) is 39.3 Å². The molecule has 18 nitrogen and oxygen atoms in total. The van der Waals surface area contributed by atoms with Crippen LogP contribution in [0.15, 0.2) is 11.6 Å². The van der Waals surface area contributed by atoms with Gasteiger partial charge in [-0.2, -0.15) is 0 Å². The molecule has 11 N–H and O–H groups in total. The highest BCUT2D eigenvalue weighted by Crippen LogP contribution is 2.70. The SMILES string of the molecule is CC(CCC1(O)O[C@H]2C[C@H]3[C@@H]4CC=C5C[C@@H](O[C@@H]6O[C@H](CO)[C@@H](O)[C@H](O)[C@H]6O[C@@H]6O[C@@H](C)[C@H](O)[C@@H](O)[C@H]6O)CC[C@]5(C)[C@H]4CC[C@]3(C)[C@H]2[C@@H]1C)CO[C@@H]1O[C@H](CO)[C@@H](O)[C@H](O)[C@H]1O. The zero-order chi connectivity index (χ0) is 45.5. The van der Waals surface area contributed by atoms with Crippen LogP contribution in [0.5, 0.6) is 0 Å². The molecule has 4 heterocycles. The summed E-state index contributed by atoms with van der Waals surface area (Å²) in [5.41, 5.74) is 1.23. The highest BCUT2D eigenvalue weighted by atomic mass is 16.8. The fourth-order valence-electron chi connectivity index (χ4n) is 13.5. The van der Waals surface area contributed by atoms with Crippen molar-refractivity contribution in [3.8, 4) is 0 Å². The zero-order valence-electron chi connectivity index (χ0n) is 37.1. The van der Waals surface area contributed by atoms with Crippen LogP contribution in [-0.2, 0) is 33.2 Å². The van der Waals surface area contributed by atoms with Gasteiger partial charge in [0, 0.05) is 12.3 Å². The summed E-state index contributed by atoms with van der Waals surface area (Å²) in [6.07, 6.45) is -11.5. The van der Waals surface area contributed by atoms with Crippen LogP contribution >= 0.6 is 0 Å². The molecule has 4 saturated heterocycles. The maximum atomic E-state index is 12.0. The van der Waals surface area contributed by atoms with Gasteiger partial charge < -0.3 is 89.3 Å². The van der Waals surface area contributed by atoms with Crippen molar-refractivity contribution in [3.05, 3.63) is 11.6 Å². The van der Waals surface area contributed by atoms with Crippen LogP contribution in [-0.4, -0.2) is 186 Å². The molecular formula is C45H74O18. The third-order valence-corrected chi connectivity index (χ3v) is 17.4. The fraction of sp³-hybridized carbons (Fsp3) is 0.956. The minimum atomic E-state index is -1.65. The highest BCUT2D eigenvalue weighted by Gasteiger charge is 2.68. The van der Waals surface area contributed by atoms with E-state index in [2.05, 4.69) is 26.8 Å². The Morgan fingerprint density at radius 3 is 2.10 bits per heavy atom. The lowest BCUT2D eigenvalue weighted by molar-refractivity contribution is -0.369. The fourth-order valence-corrected chi connectivity index (χ4v) is 13.5. The minimum Gasteiger partial charge on any atom is -0.394 e. The minimum absolute atomic E-state index is 0.0148.